The molecule has 1 atom stereocenters. The normalized spacial score (nSPS) is 18.9. The molecule has 0 radical (unpaired) electrons. The minimum absolute atomic E-state index is 0.0228. The predicted molar refractivity (Wildman–Crippen MR) is 125 cm³/mol. The number of halogens is 1. The average molecular weight is 480 g/mol. The minimum atomic E-state index is -0.389. The van der Waals surface area contributed by atoms with Gasteiger partial charge in [0.1, 0.15) is 6.33 Å². The van der Waals surface area contributed by atoms with Gasteiger partial charge in [-0.2, -0.15) is 5.10 Å². The van der Waals surface area contributed by atoms with Crippen LogP contribution in [0.2, 0.25) is 5.02 Å². The number of ether oxygens (including phenoxy) is 1. The van der Waals surface area contributed by atoms with Crippen molar-refractivity contribution in [2.75, 3.05) is 26.2 Å². The van der Waals surface area contributed by atoms with Crippen molar-refractivity contribution in [2.24, 2.45) is 0 Å². The first-order chi connectivity index (χ1) is 16.6. The molecule has 2 N–H and O–H groups in total. The summed E-state index contributed by atoms with van der Waals surface area (Å²) in [7, 11) is 0. The molecule has 2 aliphatic heterocycles. The van der Waals surface area contributed by atoms with E-state index in [1.165, 1.54) is 11.2 Å². The van der Waals surface area contributed by atoms with Gasteiger partial charge in [-0.3, -0.25) is 9.69 Å². The van der Waals surface area contributed by atoms with E-state index in [0.29, 0.717) is 23.9 Å². The molecule has 0 aliphatic carbocycles. The number of aromatic nitrogens is 4. The SMILES string of the molecule is O=C1CNC(=O)N1Cc1cc2c(-c3cc(Cl)cc4ccn(C[C@@H]5CNCCO5)c34)ncnn2c1. The molecule has 2 fully saturated rings. The molecular weight excluding hydrogens is 458 g/mol. The Morgan fingerprint density at radius 3 is 2.94 bits per heavy atom. The Morgan fingerprint density at radius 1 is 1.24 bits per heavy atom. The maximum atomic E-state index is 12.0. The van der Waals surface area contributed by atoms with Crippen molar-refractivity contribution in [2.45, 2.75) is 19.2 Å². The molecule has 3 amide bonds. The molecule has 0 saturated carbocycles. The number of benzene rings is 1. The third-order valence-electron chi connectivity index (χ3n) is 6.23. The van der Waals surface area contributed by atoms with Gasteiger partial charge in [-0.25, -0.2) is 14.3 Å². The van der Waals surface area contributed by atoms with Crippen molar-refractivity contribution >= 4 is 40.0 Å². The highest BCUT2D eigenvalue weighted by molar-refractivity contribution is 6.32. The zero-order chi connectivity index (χ0) is 23.2. The molecule has 0 unspecified atom stereocenters. The summed E-state index contributed by atoms with van der Waals surface area (Å²) in [5.41, 5.74) is 4.15. The Balaban J connectivity index is 1.43. The number of urea groups is 1. The number of hydrogen-bond donors (Lipinski definition) is 2. The van der Waals surface area contributed by atoms with Gasteiger partial charge < -0.3 is 19.9 Å². The lowest BCUT2D eigenvalue weighted by atomic mass is 10.1. The molecule has 10 nitrogen and oxygen atoms in total. The summed E-state index contributed by atoms with van der Waals surface area (Å²) >= 11 is 6.49. The molecule has 6 rings (SSSR count). The zero-order valence-electron chi connectivity index (χ0n) is 18.2. The molecule has 2 saturated heterocycles. The maximum Gasteiger partial charge on any atom is 0.324 e. The minimum Gasteiger partial charge on any atom is -0.374 e. The first kappa shape index (κ1) is 21.1. The summed E-state index contributed by atoms with van der Waals surface area (Å²) in [6.07, 6.45) is 5.42. The number of carbonyl (C=O) groups is 2. The highest BCUT2D eigenvalue weighted by atomic mass is 35.5. The molecule has 0 bridgehead atoms. The fourth-order valence-electron chi connectivity index (χ4n) is 4.68. The number of carbonyl (C=O) groups excluding carboxylic acids is 2. The van der Waals surface area contributed by atoms with Crippen LogP contribution in [0.4, 0.5) is 4.79 Å². The van der Waals surface area contributed by atoms with Crippen LogP contribution in [0.25, 0.3) is 27.7 Å². The van der Waals surface area contributed by atoms with Crippen LogP contribution in [0, 0.1) is 0 Å². The van der Waals surface area contributed by atoms with E-state index in [9.17, 15) is 9.59 Å². The number of amides is 3. The maximum absolute atomic E-state index is 12.0. The number of morpholine rings is 1. The Morgan fingerprint density at radius 2 is 2.15 bits per heavy atom. The van der Waals surface area contributed by atoms with Crippen LogP contribution in [0.15, 0.2) is 43.0 Å². The summed E-state index contributed by atoms with van der Waals surface area (Å²) < 4.78 is 9.81. The zero-order valence-corrected chi connectivity index (χ0v) is 19.0. The molecule has 3 aromatic heterocycles. The fourth-order valence-corrected chi connectivity index (χ4v) is 4.90. The highest BCUT2D eigenvalue weighted by Crippen LogP contribution is 2.34. The Kier molecular flexibility index (Phi) is 5.20. The fraction of sp³-hybridized carbons (Fsp3) is 0.304. The molecule has 2 aliphatic rings. The summed E-state index contributed by atoms with van der Waals surface area (Å²) in [6.45, 7) is 3.25. The van der Waals surface area contributed by atoms with Gasteiger partial charge in [-0.15, -0.1) is 0 Å². The van der Waals surface area contributed by atoms with Gasteiger partial charge >= 0.3 is 6.03 Å². The van der Waals surface area contributed by atoms with Crippen molar-refractivity contribution in [3.05, 3.63) is 53.6 Å². The molecular formula is C23H22ClN7O3. The van der Waals surface area contributed by atoms with E-state index in [2.05, 4.69) is 25.3 Å². The van der Waals surface area contributed by atoms with Crippen molar-refractivity contribution in [1.82, 2.24) is 34.7 Å². The van der Waals surface area contributed by atoms with Crippen LogP contribution >= 0.6 is 11.6 Å². The number of fused-ring (bicyclic) bond motifs is 2. The average Bonchev–Trinajstić information content (AvgIpc) is 3.52. The van der Waals surface area contributed by atoms with Crippen LogP contribution in [0.1, 0.15) is 5.56 Å². The lowest BCUT2D eigenvalue weighted by Gasteiger charge is -2.24. The van der Waals surface area contributed by atoms with Gasteiger partial charge in [0.15, 0.2) is 0 Å². The molecule has 1 aromatic carbocycles. The second kappa shape index (κ2) is 8.39. The van der Waals surface area contributed by atoms with Gasteiger partial charge in [0.25, 0.3) is 0 Å². The molecule has 174 valence electrons. The topological polar surface area (TPSA) is 106 Å². The van der Waals surface area contributed by atoms with Crippen molar-refractivity contribution < 1.29 is 14.3 Å². The van der Waals surface area contributed by atoms with E-state index in [4.69, 9.17) is 16.3 Å². The van der Waals surface area contributed by atoms with E-state index in [1.54, 1.807) is 4.52 Å². The molecule has 11 heteroatoms. The van der Waals surface area contributed by atoms with Crippen LogP contribution in [-0.4, -0.2) is 68.3 Å². The smallest absolute Gasteiger partial charge is 0.324 e. The molecule has 5 heterocycles. The number of rotatable bonds is 5. The van der Waals surface area contributed by atoms with Gasteiger partial charge in [0.2, 0.25) is 5.91 Å². The van der Waals surface area contributed by atoms with Gasteiger partial charge in [-0.05, 0) is 29.8 Å². The monoisotopic (exact) mass is 479 g/mol. The van der Waals surface area contributed by atoms with E-state index in [0.717, 1.165) is 40.6 Å². The third kappa shape index (κ3) is 3.69. The summed E-state index contributed by atoms with van der Waals surface area (Å²) in [5.74, 6) is -0.250. The Hall–Kier alpha value is -3.47. The second-order valence-corrected chi connectivity index (χ2v) is 8.92. The van der Waals surface area contributed by atoms with E-state index < -0.39 is 0 Å². The van der Waals surface area contributed by atoms with Crippen LogP contribution < -0.4 is 10.6 Å². The quantitative estimate of drug-likeness (QED) is 0.424. The standard InChI is InChI=1S/C23H22ClN7O3/c24-16-6-15-1-3-29(12-17-8-25-2-4-34-17)22(15)18(7-16)21-19-5-14(11-31(19)28-13-27-21)10-30-20(32)9-26-23(30)33/h1,3,5-7,11,13,17,25H,2,4,8-10,12H2,(H,26,33)/t17-/m0/s1. The molecule has 34 heavy (non-hydrogen) atoms. The van der Waals surface area contributed by atoms with Crippen LogP contribution in [-0.2, 0) is 22.6 Å². The van der Waals surface area contributed by atoms with Crippen molar-refractivity contribution in [3.63, 3.8) is 0 Å². The lowest BCUT2D eigenvalue weighted by molar-refractivity contribution is -0.125. The lowest BCUT2D eigenvalue weighted by Crippen LogP contribution is -2.40. The Bertz CT molecular complexity index is 1410. The number of hydrogen-bond acceptors (Lipinski definition) is 6. The second-order valence-electron chi connectivity index (χ2n) is 8.48. The first-order valence-electron chi connectivity index (χ1n) is 11.1. The number of nitrogens with one attached hydrogen (secondary N) is 2. The third-order valence-corrected chi connectivity index (χ3v) is 6.44. The van der Waals surface area contributed by atoms with E-state index in [-0.39, 0.29) is 31.1 Å². The van der Waals surface area contributed by atoms with Crippen molar-refractivity contribution in [3.8, 4) is 11.3 Å². The summed E-state index contributed by atoms with van der Waals surface area (Å²) in [4.78, 5) is 29.8. The number of imide groups is 1. The molecule has 4 aromatic rings. The van der Waals surface area contributed by atoms with Crippen LogP contribution in [0.3, 0.4) is 0 Å². The number of nitrogens with zero attached hydrogens (tertiary/aromatic N) is 5. The summed E-state index contributed by atoms with van der Waals surface area (Å²) in [6, 6.07) is 7.41. The summed E-state index contributed by atoms with van der Waals surface area (Å²) in [5, 5.41) is 11.9. The van der Waals surface area contributed by atoms with E-state index in [1.807, 2.05) is 36.7 Å². The Labute approximate surface area is 199 Å². The molecule has 0 spiro atoms. The van der Waals surface area contributed by atoms with E-state index >= 15 is 0 Å². The van der Waals surface area contributed by atoms with Gasteiger partial charge in [-0.1, -0.05) is 11.6 Å². The van der Waals surface area contributed by atoms with Crippen molar-refractivity contribution in [1.29, 1.82) is 0 Å². The van der Waals surface area contributed by atoms with Gasteiger partial charge in [0, 0.05) is 41.5 Å². The largest absolute Gasteiger partial charge is 0.374 e. The predicted octanol–water partition coefficient (Wildman–Crippen LogP) is 2.04. The first-order valence-corrected chi connectivity index (χ1v) is 11.5. The van der Waals surface area contributed by atoms with Crippen LogP contribution in [0.5, 0.6) is 0 Å². The van der Waals surface area contributed by atoms with Gasteiger partial charge in [0.05, 0.1) is 49.1 Å². The highest BCUT2D eigenvalue weighted by Gasteiger charge is 2.29.